The highest BCUT2D eigenvalue weighted by Gasteiger charge is 2.47. The molecule has 0 aromatic heterocycles. The Morgan fingerprint density at radius 2 is 1.62 bits per heavy atom. The standard InChI is InChI=1S/C20H30N2O3S/c23-20(17-6-2-1-3-7-17)10-13-22(16-19(20)21-11-4-5-12-21)18-8-14-26(24,25)15-9-18/h1-3,6-7,18-19,23H,4-5,8-16H2/t19-,20+/m1/s1. The summed E-state index contributed by atoms with van der Waals surface area (Å²) >= 11 is 0. The molecule has 1 aromatic rings. The molecule has 1 aromatic carbocycles. The number of aliphatic hydroxyl groups is 1. The average Bonchev–Trinajstić information content (AvgIpc) is 3.17. The molecule has 3 heterocycles. The van der Waals surface area contributed by atoms with Crippen molar-refractivity contribution in [1.82, 2.24) is 9.80 Å². The van der Waals surface area contributed by atoms with Crippen molar-refractivity contribution in [2.24, 2.45) is 0 Å². The van der Waals surface area contributed by atoms with Crippen LogP contribution in [0.1, 0.15) is 37.7 Å². The van der Waals surface area contributed by atoms with Crippen molar-refractivity contribution in [3.8, 4) is 0 Å². The summed E-state index contributed by atoms with van der Waals surface area (Å²) in [6, 6.07) is 10.5. The summed E-state index contributed by atoms with van der Waals surface area (Å²) in [4.78, 5) is 4.91. The lowest BCUT2D eigenvalue weighted by Gasteiger charge is -2.51. The minimum atomic E-state index is -2.84. The van der Waals surface area contributed by atoms with Gasteiger partial charge in [-0.25, -0.2) is 8.42 Å². The third-order valence-electron chi connectivity index (χ3n) is 6.63. The van der Waals surface area contributed by atoms with Crippen LogP contribution >= 0.6 is 0 Å². The Bertz CT molecular complexity index is 704. The van der Waals surface area contributed by atoms with Crippen molar-refractivity contribution in [2.75, 3.05) is 37.7 Å². The van der Waals surface area contributed by atoms with E-state index in [-0.39, 0.29) is 6.04 Å². The Balaban J connectivity index is 1.55. The van der Waals surface area contributed by atoms with Gasteiger partial charge < -0.3 is 5.11 Å². The minimum absolute atomic E-state index is 0.0830. The van der Waals surface area contributed by atoms with Crippen molar-refractivity contribution in [3.63, 3.8) is 0 Å². The van der Waals surface area contributed by atoms with Gasteiger partial charge in [-0.15, -0.1) is 0 Å². The maximum absolute atomic E-state index is 11.8. The number of sulfone groups is 1. The topological polar surface area (TPSA) is 60.9 Å². The minimum Gasteiger partial charge on any atom is -0.383 e. The molecule has 3 aliphatic rings. The molecule has 0 bridgehead atoms. The summed E-state index contributed by atoms with van der Waals surface area (Å²) in [6.07, 6.45) is 4.57. The van der Waals surface area contributed by atoms with Gasteiger partial charge in [-0.3, -0.25) is 9.80 Å². The van der Waals surface area contributed by atoms with Crippen LogP contribution in [0.2, 0.25) is 0 Å². The first-order valence-corrected chi connectivity index (χ1v) is 11.8. The van der Waals surface area contributed by atoms with Crippen LogP contribution in [-0.4, -0.2) is 73.1 Å². The van der Waals surface area contributed by atoms with Gasteiger partial charge in [0.2, 0.25) is 0 Å². The van der Waals surface area contributed by atoms with Gasteiger partial charge in [0.05, 0.1) is 17.5 Å². The summed E-state index contributed by atoms with van der Waals surface area (Å²) in [6.45, 7) is 3.76. The number of likely N-dealkylation sites (tertiary alicyclic amines) is 2. The Hall–Kier alpha value is -0.950. The maximum Gasteiger partial charge on any atom is 0.150 e. The van der Waals surface area contributed by atoms with E-state index >= 15 is 0 Å². The third-order valence-corrected chi connectivity index (χ3v) is 8.35. The van der Waals surface area contributed by atoms with E-state index in [1.165, 1.54) is 12.8 Å². The molecule has 6 heteroatoms. The fourth-order valence-corrected chi connectivity index (χ4v) is 6.52. The van der Waals surface area contributed by atoms with Gasteiger partial charge in [0.1, 0.15) is 15.4 Å². The van der Waals surface area contributed by atoms with E-state index in [1.807, 2.05) is 30.3 Å². The monoisotopic (exact) mass is 378 g/mol. The number of rotatable bonds is 3. The van der Waals surface area contributed by atoms with Crippen LogP contribution in [0, 0.1) is 0 Å². The summed E-state index contributed by atoms with van der Waals surface area (Å²) in [5, 5.41) is 11.7. The van der Waals surface area contributed by atoms with Crippen LogP contribution in [0.4, 0.5) is 0 Å². The Morgan fingerprint density at radius 1 is 0.962 bits per heavy atom. The normalized spacial score (nSPS) is 34.1. The Kier molecular flexibility index (Phi) is 5.12. The number of nitrogens with zero attached hydrogens (tertiary/aromatic N) is 2. The molecule has 0 aliphatic carbocycles. The zero-order valence-electron chi connectivity index (χ0n) is 15.4. The molecule has 144 valence electrons. The van der Waals surface area contributed by atoms with Gasteiger partial charge >= 0.3 is 0 Å². The second-order valence-electron chi connectivity index (χ2n) is 8.18. The molecule has 0 amide bonds. The molecule has 3 fully saturated rings. The molecule has 5 nitrogen and oxygen atoms in total. The lowest BCUT2D eigenvalue weighted by molar-refractivity contribution is -0.102. The molecular formula is C20H30N2O3S. The smallest absolute Gasteiger partial charge is 0.150 e. The molecular weight excluding hydrogens is 348 g/mol. The van der Waals surface area contributed by atoms with E-state index in [4.69, 9.17) is 0 Å². The molecule has 0 unspecified atom stereocenters. The zero-order valence-corrected chi connectivity index (χ0v) is 16.2. The van der Waals surface area contributed by atoms with Crippen LogP contribution in [0.3, 0.4) is 0 Å². The SMILES string of the molecule is O=S1(=O)CCC(N2CC[C@](O)(c3ccccc3)[C@H](N3CCCC3)C2)CC1. The van der Waals surface area contributed by atoms with Gasteiger partial charge in [-0.05, 0) is 50.8 Å². The lowest BCUT2D eigenvalue weighted by Crippen LogP contribution is -2.62. The van der Waals surface area contributed by atoms with Gasteiger partial charge in [-0.1, -0.05) is 30.3 Å². The first-order chi connectivity index (χ1) is 12.5. The van der Waals surface area contributed by atoms with Crippen molar-refractivity contribution < 1.29 is 13.5 Å². The summed E-state index contributed by atoms with van der Waals surface area (Å²) < 4.78 is 23.5. The highest BCUT2D eigenvalue weighted by atomic mass is 32.2. The molecule has 2 atom stereocenters. The predicted molar refractivity (Wildman–Crippen MR) is 103 cm³/mol. The molecule has 4 rings (SSSR count). The first kappa shape index (κ1) is 18.4. The summed E-state index contributed by atoms with van der Waals surface area (Å²) in [7, 11) is -2.84. The van der Waals surface area contributed by atoms with Crippen LogP contribution in [-0.2, 0) is 15.4 Å². The van der Waals surface area contributed by atoms with Crippen LogP contribution in [0.5, 0.6) is 0 Å². The Labute approximate surface area is 156 Å². The molecule has 1 N–H and O–H groups in total. The van der Waals surface area contributed by atoms with E-state index in [0.29, 0.717) is 24.0 Å². The second kappa shape index (κ2) is 7.23. The van der Waals surface area contributed by atoms with Crippen LogP contribution in [0.15, 0.2) is 30.3 Å². The number of hydrogen-bond acceptors (Lipinski definition) is 5. The van der Waals surface area contributed by atoms with Crippen LogP contribution in [0.25, 0.3) is 0 Å². The predicted octanol–water partition coefficient (Wildman–Crippen LogP) is 1.62. The van der Waals surface area contributed by atoms with Gasteiger partial charge in [0.15, 0.2) is 0 Å². The zero-order chi connectivity index (χ0) is 18.2. The van der Waals surface area contributed by atoms with Gasteiger partial charge in [0.25, 0.3) is 0 Å². The van der Waals surface area contributed by atoms with Crippen molar-refractivity contribution in [1.29, 1.82) is 0 Å². The highest BCUT2D eigenvalue weighted by Crippen LogP contribution is 2.38. The summed E-state index contributed by atoms with van der Waals surface area (Å²) in [5.41, 5.74) is 0.200. The number of piperidine rings is 1. The fourth-order valence-electron chi connectivity index (χ4n) is 5.05. The van der Waals surface area contributed by atoms with E-state index in [0.717, 1.165) is 44.6 Å². The van der Waals surface area contributed by atoms with E-state index in [2.05, 4.69) is 9.80 Å². The highest BCUT2D eigenvalue weighted by molar-refractivity contribution is 7.91. The van der Waals surface area contributed by atoms with E-state index in [9.17, 15) is 13.5 Å². The Morgan fingerprint density at radius 3 is 2.27 bits per heavy atom. The average molecular weight is 379 g/mol. The molecule has 3 aliphatic heterocycles. The van der Waals surface area contributed by atoms with Gasteiger partial charge in [-0.2, -0.15) is 0 Å². The molecule has 0 spiro atoms. The number of benzene rings is 1. The lowest BCUT2D eigenvalue weighted by atomic mass is 9.79. The van der Waals surface area contributed by atoms with Crippen molar-refractivity contribution >= 4 is 9.84 Å². The molecule has 26 heavy (non-hydrogen) atoms. The second-order valence-corrected chi connectivity index (χ2v) is 10.5. The first-order valence-electron chi connectivity index (χ1n) is 9.94. The third kappa shape index (κ3) is 3.57. The van der Waals surface area contributed by atoms with Crippen LogP contribution < -0.4 is 0 Å². The molecule has 3 saturated heterocycles. The van der Waals surface area contributed by atoms with E-state index in [1.54, 1.807) is 0 Å². The largest absolute Gasteiger partial charge is 0.383 e. The van der Waals surface area contributed by atoms with Crippen molar-refractivity contribution in [3.05, 3.63) is 35.9 Å². The van der Waals surface area contributed by atoms with Gasteiger partial charge in [0, 0.05) is 19.1 Å². The quantitative estimate of drug-likeness (QED) is 0.866. The molecule has 0 saturated carbocycles. The van der Waals surface area contributed by atoms with E-state index < -0.39 is 15.4 Å². The molecule has 0 radical (unpaired) electrons. The maximum atomic E-state index is 11.8. The summed E-state index contributed by atoms with van der Waals surface area (Å²) in [5.74, 6) is 0.622. The van der Waals surface area contributed by atoms with Crippen molar-refractivity contribution in [2.45, 2.75) is 49.8 Å². The number of hydrogen-bond donors (Lipinski definition) is 1. The fraction of sp³-hybridized carbons (Fsp3) is 0.700.